The van der Waals surface area contributed by atoms with Crippen molar-refractivity contribution in [2.45, 2.75) is 6.92 Å². The molecule has 6 heteroatoms. The van der Waals surface area contributed by atoms with Crippen LogP contribution in [0.5, 0.6) is 23.0 Å². The first kappa shape index (κ1) is 12.2. The second kappa shape index (κ2) is 3.57. The Hall–Kier alpha value is -2.89. The van der Waals surface area contributed by atoms with Crippen molar-refractivity contribution in [3.63, 3.8) is 0 Å². The third-order valence-corrected chi connectivity index (χ3v) is 3.45. The minimum absolute atomic E-state index is 0.0142. The third kappa shape index (κ3) is 1.25. The number of hydrogen-bond acceptors (Lipinski definition) is 6. The molecule has 3 rings (SSSR count). The maximum absolute atomic E-state index is 12.0. The fourth-order valence-electron chi connectivity index (χ4n) is 2.59. The van der Waals surface area contributed by atoms with E-state index in [1.54, 1.807) is 6.92 Å². The summed E-state index contributed by atoms with van der Waals surface area (Å²) in [6, 6.07) is 1.27. The number of carbonyl (C=O) groups excluding carboxylic acids is 1. The lowest BCUT2D eigenvalue weighted by atomic mass is 9.86. The van der Waals surface area contributed by atoms with Crippen LogP contribution in [0.25, 0.3) is 16.5 Å². The number of rotatable bonds is 0. The number of phenols is 4. The zero-order valence-corrected chi connectivity index (χ0v) is 10.3. The number of carbonyl (C=O) groups is 1. The van der Waals surface area contributed by atoms with Crippen molar-refractivity contribution >= 4 is 22.3 Å². The van der Waals surface area contributed by atoms with Crippen molar-refractivity contribution in [1.82, 2.24) is 0 Å². The number of aliphatic hydroxyl groups excluding tert-OH is 1. The Morgan fingerprint density at radius 2 is 1.50 bits per heavy atom. The van der Waals surface area contributed by atoms with Crippen LogP contribution in [0.2, 0.25) is 0 Å². The van der Waals surface area contributed by atoms with E-state index in [9.17, 15) is 30.3 Å². The Bertz CT molecular complexity index is 832. The second-order valence-corrected chi connectivity index (χ2v) is 4.65. The van der Waals surface area contributed by atoms with Crippen molar-refractivity contribution in [2.75, 3.05) is 0 Å². The smallest absolute Gasteiger partial charge is 0.201 e. The zero-order valence-electron chi connectivity index (χ0n) is 10.3. The van der Waals surface area contributed by atoms with Gasteiger partial charge in [-0.2, -0.15) is 0 Å². The highest BCUT2D eigenvalue weighted by Gasteiger charge is 2.31. The quantitative estimate of drug-likeness (QED) is 0.469. The van der Waals surface area contributed by atoms with Crippen molar-refractivity contribution < 1.29 is 30.3 Å². The molecule has 1 aliphatic carbocycles. The molecular formula is C14H10O6. The van der Waals surface area contributed by atoms with Gasteiger partial charge in [0.05, 0.1) is 10.9 Å². The standard InChI is InChI=1S/C14H10O6/c1-4-2-5(15)9-11-8(4)6(16)3-7(17)10(11)13(19)14(20)12(9)18/h2-3,15,17-20H,1H3. The summed E-state index contributed by atoms with van der Waals surface area (Å²) in [6.45, 7) is 1.58. The van der Waals surface area contributed by atoms with Crippen molar-refractivity contribution in [3.05, 3.63) is 28.8 Å². The number of phenolic OH excluding ortho intramolecular Hbond substituents is 4. The largest absolute Gasteiger partial charge is 0.507 e. The Balaban J connectivity index is 2.73. The van der Waals surface area contributed by atoms with E-state index in [1.807, 2.05) is 0 Å². The molecule has 102 valence electrons. The average Bonchev–Trinajstić information content (AvgIpc) is 2.34. The Labute approximate surface area is 112 Å². The van der Waals surface area contributed by atoms with Gasteiger partial charge in [-0.3, -0.25) is 4.79 Å². The van der Waals surface area contributed by atoms with E-state index in [0.29, 0.717) is 5.56 Å². The molecule has 0 aliphatic heterocycles. The molecule has 0 heterocycles. The van der Waals surface area contributed by atoms with Crippen LogP contribution in [0, 0.1) is 6.92 Å². The molecule has 0 saturated heterocycles. The van der Waals surface area contributed by atoms with Gasteiger partial charge in [0, 0.05) is 17.0 Å². The molecular weight excluding hydrogens is 264 g/mol. The van der Waals surface area contributed by atoms with Crippen LogP contribution in [0.1, 0.15) is 21.5 Å². The number of benzene rings is 2. The number of aromatic hydroxyl groups is 4. The Morgan fingerprint density at radius 1 is 0.850 bits per heavy atom. The monoisotopic (exact) mass is 274 g/mol. The number of ketones is 1. The molecule has 20 heavy (non-hydrogen) atoms. The molecule has 0 bridgehead atoms. The van der Waals surface area contributed by atoms with E-state index in [-0.39, 0.29) is 27.6 Å². The minimum atomic E-state index is -0.869. The van der Waals surface area contributed by atoms with E-state index in [4.69, 9.17) is 0 Å². The van der Waals surface area contributed by atoms with Gasteiger partial charge in [-0.1, -0.05) is 0 Å². The first-order valence-corrected chi connectivity index (χ1v) is 5.73. The van der Waals surface area contributed by atoms with Crippen molar-refractivity contribution in [2.24, 2.45) is 0 Å². The van der Waals surface area contributed by atoms with E-state index in [2.05, 4.69) is 0 Å². The maximum Gasteiger partial charge on any atom is 0.201 e. The highest BCUT2D eigenvalue weighted by molar-refractivity contribution is 6.24. The molecule has 1 aliphatic rings. The first-order chi connectivity index (χ1) is 9.34. The summed E-state index contributed by atoms with van der Waals surface area (Å²) in [5.41, 5.74) is 0.384. The lowest BCUT2D eigenvalue weighted by molar-refractivity contribution is 0.104. The lowest BCUT2D eigenvalue weighted by Gasteiger charge is -2.20. The van der Waals surface area contributed by atoms with Crippen LogP contribution in [-0.4, -0.2) is 31.3 Å². The minimum Gasteiger partial charge on any atom is -0.507 e. The van der Waals surface area contributed by atoms with E-state index in [1.165, 1.54) is 6.07 Å². The molecule has 0 amide bonds. The second-order valence-electron chi connectivity index (χ2n) is 4.65. The Morgan fingerprint density at radius 3 is 2.15 bits per heavy atom. The number of allylic oxidation sites excluding steroid dienone is 1. The van der Waals surface area contributed by atoms with Gasteiger partial charge in [0.25, 0.3) is 0 Å². The molecule has 0 saturated carbocycles. The van der Waals surface area contributed by atoms with Gasteiger partial charge in [-0.25, -0.2) is 0 Å². The van der Waals surface area contributed by atoms with Crippen LogP contribution >= 0.6 is 0 Å². The van der Waals surface area contributed by atoms with E-state index in [0.717, 1.165) is 6.08 Å². The number of hydrogen-bond donors (Lipinski definition) is 5. The van der Waals surface area contributed by atoms with Crippen LogP contribution in [-0.2, 0) is 0 Å². The highest BCUT2D eigenvalue weighted by atomic mass is 16.3. The van der Waals surface area contributed by atoms with Crippen molar-refractivity contribution in [3.8, 4) is 23.0 Å². The fourth-order valence-corrected chi connectivity index (χ4v) is 2.59. The maximum atomic E-state index is 12.0. The molecule has 6 nitrogen and oxygen atoms in total. The Kier molecular flexibility index (Phi) is 2.17. The van der Waals surface area contributed by atoms with Crippen LogP contribution < -0.4 is 0 Å². The highest BCUT2D eigenvalue weighted by Crippen LogP contribution is 2.52. The van der Waals surface area contributed by atoms with Gasteiger partial charge in [0.2, 0.25) is 5.75 Å². The van der Waals surface area contributed by atoms with Crippen molar-refractivity contribution in [1.29, 1.82) is 0 Å². The lowest BCUT2D eigenvalue weighted by Crippen LogP contribution is -2.08. The molecule has 0 fully saturated rings. The third-order valence-electron chi connectivity index (χ3n) is 3.45. The molecule has 0 unspecified atom stereocenters. The topological polar surface area (TPSA) is 118 Å². The summed E-state index contributed by atoms with van der Waals surface area (Å²) >= 11 is 0. The summed E-state index contributed by atoms with van der Waals surface area (Å²) in [6.07, 6.45) is 0.914. The van der Waals surface area contributed by atoms with Gasteiger partial charge >= 0.3 is 0 Å². The predicted octanol–water partition coefficient (Wildman–Crippen LogP) is 2.07. The number of aliphatic hydroxyl groups is 1. The summed E-state index contributed by atoms with van der Waals surface area (Å²) in [4.78, 5) is 12.0. The molecule has 0 aromatic heterocycles. The predicted molar refractivity (Wildman–Crippen MR) is 70.3 cm³/mol. The summed E-state index contributed by atoms with van der Waals surface area (Å²) in [7, 11) is 0. The number of aryl methyl sites for hydroxylation is 1. The molecule has 0 atom stereocenters. The zero-order chi connectivity index (χ0) is 14.8. The van der Waals surface area contributed by atoms with Gasteiger partial charge in [-0.15, -0.1) is 0 Å². The fraction of sp³-hybridized carbons (Fsp3) is 0.0714. The molecule has 0 radical (unpaired) electrons. The van der Waals surface area contributed by atoms with Gasteiger partial charge in [0.15, 0.2) is 17.3 Å². The molecule has 0 spiro atoms. The van der Waals surface area contributed by atoms with Crippen LogP contribution in [0.4, 0.5) is 0 Å². The molecule has 5 N–H and O–H groups in total. The summed E-state index contributed by atoms with van der Waals surface area (Å²) in [5.74, 6) is -3.78. The van der Waals surface area contributed by atoms with Gasteiger partial charge < -0.3 is 25.5 Å². The van der Waals surface area contributed by atoms with Gasteiger partial charge in [-0.05, 0) is 18.6 Å². The summed E-state index contributed by atoms with van der Waals surface area (Å²) in [5, 5.41) is 49.0. The SMILES string of the molecule is Cc1cc(O)c2c(O)c(O)c(O)c3c2c1C(=O)C=C3O. The first-order valence-electron chi connectivity index (χ1n) is 5.73. The summed E-state index contributed by atoms with van der Waals surface area (Å²) < 4.78 is 0. The normalized spacial score (nSPS) is 13.7. The van der Waals surface area contributed by atoms with Crippen LogP contribution in [0.15, 0.2) is 12.1 Å². The van der Waals surface area contributed by atoms with Gasteiger partial charge in [0.1, 0.15) is 11.5 Å². The van der Waals surface area contributed by atoms with Crippen LogP contribution in [0.3, 0.4) is 0 Å². The molecule has 2 aromatic rings. The molecule has 2 aromatic carbocycles. The van der Waals surface area contributed by atoms with E-state index < -0.39 is 28.8 Å². The average molecular weight is 274 g/mol. The van der Waals surface area contributed by atoms with E-state index >= 15 is 0 Å².